The number of hydrogen-bond acceptors (Lipinski definition) is 8. The third-order valence-electron chi connectivity index (χ3n) is 7.04. The zero-order chi connectivity index (χ0) is 32.5. The van der Waals surface area contributed by atoms with Crippen molar-refractivity contribution in [3.05, 3.63) is 65.2 Å². The summed E-state index contributed by atoms with van der Waals surface area (Å²) in [7, 11) is -0.625. The molecule has 1 heterocycles. The van der Waals surface area contributed by atoms with E-state index in [0.29, 0.717) is 43.9 Å². The number of carbonyl (C=O) groups is 3. The quantitative estimate of drug-likeness (QED) is 0.0897. The molecule has 2 N–H and O–H groups in total. The molecule has 0 saturated heterocycles. The minimum Gasteiger partial charge on any atom is -0.778 e. The van der Waals surface area contributed by atoms with Crippen molar-refractivity contribution in [2.24, 2.45) is 0 Å². The van der Waals surface area contributed by atoms with Crippen LogP contribution in [0.2, 0.25) is 0 Å². The van der Waals surface area contributed by atoms with E-state index >= 15 is 0 Å². The fourth-order valence-corrected chi connectivity index (χ4v) is 7.03. The van der Waals surface area contributed by atoms with E-state index in [1.54, 1.807) is 40.3 Å². The molecule has 0 aromatic heterocycles. The molecule has 0 spiro atoms. The molecule has 0 aliphatic carbocycles. The molecule has 244 valence electrons. The number of benzene rings is 2. The van der Waals surface area contributed by atoms with E-state index in [1.165, 1.54) is 0 Å². The number of nitrogens with one attached hydrogen (secondary N) is 2. The van der Waals surface area contributed by atoms with E-state index in [0.717, 1.165) is 41.6 Å². The summed E-state index contributed by atoms with van der Waals surface area (Å²) in [5.74, 6) is 7.49. The Hall–Kier alpha value is -2.74. The fraction of sp³-hybridized carbons (Fsp3) is 0.485. The minimum atomic E-state index is -3.74. The molecule has 0 radical (unpaired) electrons. The number of amides is 3. The Morgan fingerprint density at radius 3 is 2.18 bits per heavy atom. The molecule has 0 fully saturated rings. The molecule has 45 heavy (non-hydrogen) atoms. The maximum absolute atomic E-state index is 13.3. The highest BCUT2D eigenvalue weighted by Gasteiger charge is 2.21. The van der Waals surface area contributed by atoms with Gasteiger partial charge in [-0.05, 0) is 36.6 Å². The Labute approximate surface area is 275 Å². The number of anilines is 1. The van der Waals surface area contributed by atoms with Gasteiger partial charge in [0.1, 0.15) is 7.60 Å². The van der Waals surface area contributed by atoms with Crippen molar-refractivity contribution in [2.75, 3.05) is 36.1 Å². The Morgan fingerprint density at radius 2 is 1.47 bits per heavy atom. The molecular formula is C33H43N3O6PS2-. The molecule has 1 aliphatic heterocycles. The average Bonchev–Trinajstić information content (AvgIpc) is 3.01. The minimum absolute atomic E-state index is 0.00347. The normalized spacial score (nSPS) is 13.4. The van der Waals surface area contributed by atoms with Crippen molar-refractivity contribution in [1.82, 2.24) is 10.6 Å². The molecule has 1 atom stereocenters. The maximum Gasteiger partial charge on any atom is 0.229 e. The standard InChI is InChI=1S/C33H44N3O6PS2/c1-26(2)43(40,41)42-22-10-4-3-9-20-34-31(37)18-23-44-45-24-19-32(38)35-21-17-33(39)36-25-29-13-6-5-11-27(29)15-16-28-12-7-8-14-30(28)36/h5-8,11-14,26H,3-4,9-10,17-25H2,1-2H3,(H,34,37)(H,35,38)(H,40,41)/p-1. The van der Waals surface area contributed by atoms with Crippen molar-refractivity contribution in [1.29, 1.82) is 0 Å². The second-order valence-electron chi connectivity index (χ2n) is 10.9. The van der Waals surface area contributed by atoms with Crippen molar-refractivity contribution in [2.45, 2.75) is 71.0 Å². The van der Waals surface area contributed by atoms with Gasteiger partial charge in [-0.25, -0.2) is 0 Å². The predicted octanol–water partition coefficient (Wildman–Crippen LogP) is 5.26. The van der Waals surface area contributed by atoms with E-state index in [1.807, 2.05) is 48.5 Å². The van der Waals surface area contributed by atoms with Crippen LogP contribution in [0, 0.1) is 11.8 Å². The number of rotatable bonds is 19. The first-order valence-corrected chi connectivity index (χ1v) is 19.5. The summed E-state index contributed by atoms with van der Waals surface area (Å²) in [4.78, 5) is 51.0. The average molecular weight is 673 g/mol. The Kier molecular flexibility index (Phi) is 16.1. The van der Waals surface area contributed by atoms with Crippen LogP contribution >= 0.6 is 29.2 Å². The summed E-state index contributed by atoms with van der Waals surface area (Å²) in [6.07, 6.45) is 4.18. The zero-order valence-electron chi connectivity index (χ0n) is 26.0. The highest BCUT2D eigenvalue weighted by molar-refractivity contribution is 8.76. The van der Waals surface area contributed by atoms with Crippen LogP contribution in [0.3, 0.4) is 0 Å². The van der Waals surface area contributed by atoms with Gasteiger partial charge in [-0.2, -0.15) is 0 Å². The second-order valence-corrected chi connectivity index (χ2v) is 16.0. The SMILES string of the molecule is CC(C)P(=O)([O-])OCCCCCCNC(=O)CCSSCCC(=O)NCCC(=O)N1Cc2ccccc2C#Cc2ccccc21. The molecule has 2 aromatic rings. The van der Waals surface area contributed by atoms with Crippen molar-refractivity contribution < 1.29 is 28.4 Å². The summed E-state index contributed by atoms with van der Waals surface area (Å²) in [5, 5.41) is 5.76. The Balaban J connectivity index is 1.22. The second kappa shape index (κ2) is 19.7. The van der Waals surface area contributed by atoms with Gasteiger partial charge in [0.2, 0.25) is 17.7 Å². The fourth-order valence-electron chi connectivity index (χ4n) is 4.36. The highest BCUT2D eigenvalue weighted by atomic mass is 33.1. The molecule has 1 aliphatic rings. The number of hydrogen-bond donors (Lipinski definition) is 2. The lowest BCUT2D eigenvalue weighted by atomic mass is 10.0. The Morgan fingerprint density at radius 1 is 0.867 bits per heavy atom. The maximum atomic E-state index is 13.3. The smallest absolute Gasteiger partial charge is 0.229 e. The van der Waals surface area contributed by atoms with Gasteiger partial charge in [-0.3, -0.25) is 14.4 Å². The largest absolute Gasteiger partial charge is 0.778 e. The third kappa shape index (κ3) is 13.3. The van der Waals surface area contributed by atoms with Crippen molar-refractivity contribution in [3.63, 3.8) is 0 Å². The topological polar surface area (TPSA) is 128 Å². The van der Waals surface area contributed by atoms with Crippen molar-refractivity contribution in [3.8, 4) is 11.8 Å². The number of unbranched alkanes of at least 4 members (excludes halogenated alkanes) is 3. The van der Waals surface area contributed by atoms with Gasteiger partial charge in [0.05, 0.1) is 18.8 Å². The van der Waals surface area contributed by atoms with Gasteiger partial charge in [0, 0.05) is 60.6 Å². The van der Waals surface area contributed by atoms with Crippen LogP contribution in [0.1, 0.15) is 75.5 Å². The van der Waals surface area contributed by atoms with E-state index in [2.05, 4.69) is 22.5 Å². The monoisotopic (exact) mass is 672 g/mol. The van der Waals surface area contributed by atoms with Crippen LogP contribution in [0.25, 0.3) is 0 Å². The van der Waals surface area contributed by atoms with Gasteiger partial charge in [-0.15, -0.1) is 0 Å². The summed E-state index contributed by atoms with van der Waals surface area (Å²) >= 11 is 0. The summed E-state index contributed by atoms with van der Waals surface area (Å²) in [6, 6.07) is 15.4. The third-order valence-corrected chi connectivity index (χ3v) is 11.3. The van der Waals surface area contributed by atoms with Crippen molar-refractivity contribution >= 4 is 52.6 Å². The number of nitrogens with zero attached hydrogens (tertiary/aromatic N) is 1. The molecule has 3 rings (SSSR count). The molecule has 0 bridgehead atoms. The lowest BCUT2D eigenvalue weighted by Crippen LogP contribution is -2.35. The van der Waals surface area contributed by atoms with E-state index in [9.17, 15) is 23.8 Å². The summed E-state index contributed by atoms with van der Waals surface area (Å²) in [6.45, 7) is 4.70. The summed E-state index contributed by atoms with van der Waals surface area (Å²) in [5.41, 5.74) is 2.96. The van der Waals surface area contributed by atoms with Gasteiger partial charge in [-0.1, -0.05) is 90.4 Å². The Bertz CT molecular complexity index is 1390. The van der Waals surface area contributed by atoms with Gasteiger partial charge < -0.3 is 29.5 Å². The molecular weight excluding hydrogens is 629 g/mol. The highest BCUT2D eigenvalue weighted by Crippen LogP contribution is 2.42. The first kappa shape index (κ1) is 36.7. The van der Waals surface area contributed by atoms with E-state index in [4.69, 9.17) is 4.52 Å². The van der Waals surface area contributed by atoms with Gasteiger partial charge in [0.15, 0.2) is 0 Å². The summed E-state index contributed by atoms with van der Waals surface area (Å²) < 4.78 is 16.6. The first-order chi connectivity index (χ1) is 21.7. The first-order valence-electron chi connectivity index (χ1n) is 15.4. The number of para-hydroxylation sites is 1. The molecule has 12 heteroatoms. The molecule has 1 unspecified atom stereocenters. The predicted molar refractivity (Wildman–Crippen MR) is 182 cm³/mol. The van der Waals surface area contributed by atoms with E-state index < -0.39 is 13.3 Å². The molecule has 3 amide bonds. The van der Waals surface area contributed by atoms with Gasteiger partial charge >= 0.3 is 0 Å². The van der Waals surface area contributed by atoms with Crippen LogP contribution in [0.5, 0.6) is 0 Å². The number of carbonyl (C=O) groups excluding carboxylic acids is 3. The van der Waals surface area contributed by atoms with Crippen LogP contribution in [-0.2, 0) is 30.0 Å². The molecule has 9 nitrogen and oxygen atoms in total. The van der Waals surface area contributed by atoms with Crippen LogP contribution in [0.4, 0.5) is 5.69 Å². The lowest BCUT2D eigenvalue weighted by Gasteiger charge is -2.26. The van der Waals surface area contributed by atoms with E-state index in [-0.39, 0.29) is 37.3 Å². The van der Waals surface area contributed by atoms with Crippen LogP contribution in [-0.4, -0.2) is 54.6 Å². The lowest BCUT2D eigenvalue weighted by molar-refractivity contribution is -0.200. The molecule has 0 saturated carbocycles. The van der Waals surface area contributed by atoms with Crippen LogP contribution in [0.15, 0.2) is 48.5 Å². The molecule has 2 aromatic carbocycles. The van der Waals surface area contributed by atoms with Crippen LogP contribution < -0.4 is 20.4 Å². The van der Waals surface area contributed by atoms with Gasteiger partial charge in [0.25, 0.3) is 0 Å². The number of fused-ring (bicyclic) bond motifs is 2. The zero-order valence-corrected chi connectivity index (χ0v) is 28.6.